The summed E-state index contributed by atoms with van der Waals surface area (Å²) in [5.41, 5.74) is -1.18. The molecule has 0 aromatic heterocycles. The third kappa shape index (κ3) is 8.19. The molecule has 0 aliphatic heterocycles. The molecule has 1 unspecified atom stereocenters. The molecule has 17 heteroatoms. The number of nitro groups is 2. The van der Waals surface area contributed by atoms with Crippen molar-refractivity contribution < 1.29 is 41.4 Å². The van der Waals surface area contributed by atoms with Crippen molar-refractivity contribution in [1.29, 1.82) is 0 Å². The van der Waals surface area contributed by atoms with Gasteiger partial charge in [0.25, 0.3) is 20.4 Å². The van der Waals surface area contributed by atoms with Crippen molar-refractivity contribution in [1.82, 2.24) is 4.72 Å². The maximum absolute atomic E-state index is 11.9. The number of rotatable bonds is 9. The van der Waals surface area contributed by atoms with Gasteiger partial charge in [0.2, 0.25) is 10.0 Å². The lowest BCUT2D eigenvalue weighted by atomic mass is 10.2. The zero-order chi connectivity index (χ0) is 25.4. The van der Waals surface area contributed by atoms with Gasteiger partial charge in [-0.25, -0.2) is 21.6 Å². The van der Waals surface area contributed by atoms with Crippen LogP contribution in [-0.4, -0.2) is 50.1 Å². The third-order valence-electron chi connectivity index (χ3n) is 3.54. The average molecular weight is 524 g/mol. The van der Waals surface area contributed by atoms with Gasteiger partial charge in [-0.3, -0.25) is 25.0 Å². The maximum Gasteiger partial charge on any atom is 0.305 e. The summed E-state index contributed by atoms with van der Waals surface area (Å²) in [6, 6.07) is 7.92. The van der Waals surface area contributed by atoms with Crippen LogP contribution in [0.1, 0.15) is 6.42 Å². The van der Waals surface area contributed by atoms with Gasteiger partial charge in [-0.05, 0) is 12.1 Å². The summed E-state index contributed by atoms with van der Waals surface area (Å²) in [5, 5.41) is 29.6. The number of aliphatic carboxylic acids is 1. The predicted octanol–water partition coefficient (Wildman–Crippen LogP) is 1.44. The highest BCUT2D eigenvalue weighted by Crippen LogP contribution is 2.25. The monoisotopic (exact) mass is 523 g/mol. The van der Waals surface area contributed by atoms with E-state index in [0.29, 0.717) is 0 Å². The standard InChI is InChI=1S/C10H10N2O7S.C6H4ClNO4S/c13-6-7(5-10(14)15)11-20(18,19)9-4-2-1-3-8(9)12(16)17;7-13(11,12)6-4-2-1-3-5(6)8(9)10/h1-4,6-7,11H,5H2,(H,14,15);1-4H. The number of nitro benzene ring substituents is 2. The van der Waals surface area contributed by atoms with Gasteiger partial charge in [-0.15, -0.1) is 0 Å². The fourth-order valence-electron chi connectivity index (χ4n) is 2.22. The van der Waals surface area contributed by atoms with Gasteiger partial charge in [0, 0.05) is 22.8 Å². The minimum Gasteiger partial charge on any atom is -0.481 e. The summed E-state index contributed by atoms with van der Waals surface area (Å²) in [4.78, 5) is 39.4. The van der Waals surface area contributed by atoms with Crippen LogP contribution in [0.15, 0.2) is 58.3 Å². The second-order valence-corrected chi connectivity index (χ2v) is 10.1. The van der Waals surface area contributed by atoms with Crippen LogP contribution in [0.4, 0.5) is 11.4 Å². The Labute approximate surface area is 190 Å². The van der Waals surface area contributed by atoms with Crippen LogP contribution in [0.25, 0.3) is 0 Å². The Hall–Kier alpha value is -3.47. The zero-order valence-corrected chi connectivity index (χ0v) is 18.5. The van der Waals surface area contributed by atoms with Crippen LogP contribution in [0.5, 0.6) is 0 Å². The minimum atomic E-state index is -4.38. The van der Waals surface area contributed by atoms with Gasteiger partial charge >= 0.3 is 5.97 Å². The molecule has 0 fully saturated rings. The molecule has 0 radical (unpaired) electrons. The number of halogens is 1. The molecule has 33 heavy (non-hydrogen) atoms. The maximum atomic E-state index is 11.9. The largest absolute Gasteiger partial charge is 0.481 e. The highest BCUT2D eigenvalue weighted by Gasteiger charge is 2.28. The smallest absolute Gasteiger partial charge is 0.305 e. The highest BCUT2D eigenvalue weighted by molar-refractivity contribution is 8.13. The number of benzene rings is 2. The van der Waals surface area contributed by atoms with Crippen molar-refractivity contribution in [3.8, 4) is 0 Å². The van der Waals surface area contributed by atoms with Gasteiger partial charge in [-0.2, -0.15) is 0 Å². The van der Waals surface area contributed by atoms with Crippen molar-refractivity contribution in [2.75, 3.05) is 0 Å². The van der Waals surface area contributed by atoms with Gasteiger partial charge in [0.1, 0.15) is 6.29 Å². The molecular weight excluding hydrogens is 510 g/mol. The number of hydrogen-bond acceptors (Lipinski definition) is 10. The van der Waals surface area contributed by atoms with Crippen LogP contribution in [0.2, 0.25) is 0 Å². The Morgan fingerprint density at radius 3 is 1.76 bits per heavy atom. The van der Waals surface area contributed by atoms with Gasteiger partial charge < -0.3 is 9.90 Å². The first-order chi connectivity index (χ1) is 15.2. The van der Waals surface area contributed by atoms with E-state index in [2.05, 4.69) is 0 Å². The molecule has 0 saturated carbocycles. The van der Waals surface area contributed by atoms with Crippen LogP contribution in [0.3, 0.4) is 0 Å². The number of hydrogen-bond donors (Lipinski definition) is 2. The molecule has 2 aromatic rings. The van der Waals surface area contributed by atoms with E-state index in [1.165, 1.54) is 24.3 Å². The molecule has 0 heterocycles. The molecule has 0 bridgehead atoms. The minimum absolute atomic E-state index is 0.112. The molecule has 0 amide bonds. The van der Waals surface area contributed by atoms with Gasteiger partial charge in [0.05, 0.1) is 22.3 Å². The van der Waals surface area contributed by atoms with E-state index < -0.39 is 68.5 Å². The quantitative estimate of drug-likeness (QED) is 0.207. The Bertz CT molecular complexity index is 1280. The van der Waals surface area contributed by atoms with E-state index in [1.807, 2.05) is 0 Å². The van der Waals surface area contributed by atoms with Crippen LogP contribution in [-0.2, 0) is 28.7 Å². The molecule has 0 aliphatic carbocycles. The van der Waals surface area contributed by atoms with Crippen molar-refractivity contribution in [2.45, 2.75) is 22.3 Å². The first-order valence-electron chi connectivity index (χ1n) is 8.31. The topological polar surface area (TPSA) is 221 Å². The second-order valence-electron chi connectivity index (χ2n) is 5.85. The molecule has 2 aromatic carbocycles. The average Bonchev–Trinajstić information content (AvgIpc) is 2.72. The fourth-order valence-corrected chi connectivity index (χ4v) is 4.58. The van der Waals surface area contributed by atoms with Crippen LogP contribution in [0, 0.1) is 20.2 Å². The summed E-state index contributed by atoms with van der Waals surface area (Å²) in [5.74, 6) is -1.38. The second kappa shape index (κ2) is 11.4. The van der Waals surface area contributed by atoms with E-state index in [0.717, 1.165) is 24.3 Å². The zero-order valence-electron chi connectivity index (χ0n) is 16.1. The summed E-state index contributed by atoms with van der Waals surface area (Å²) in [6.45, 7) is 0. The Kier molecular flexibility index (Phi) is 9.53. The summed E-state index contributed by atoms with van der Waals surface area (Å²) in [7, 11) is -3.45. The van der Waals surface area contributed by atoms with Gasteiger partial charge in [-0.1, -0.05) is 24.3 Å². The van der Waals surface area contributed by atoms with Crippen molar-refractivity contribution in [3.05, 3.63) is 68.8 Å². The molecular formula is C16H14ClN3O11S2. The number of carboxylic acid groups (broad SMARTS) is 1. The van der Waals surface area contributed by atoms with E-state index in [1.54, 1.807) is 4.72 Å². The van der Waals surface area contributed by atoms with Gasteiger partial charge in [0.15, 0.2) is 9.79 Å². The van der Waals surface area contributed by atoms with Crippen LogP contribution < -0.4 is 4.72 Å². The number of carboxylic acids is 1. The number of carbonyl (C=O) groups is 2. The fraction of sp³-hybridized carbons (Fsp3) is 0.125. The number of para-hydroxylation sites is 2. The normalized spacial score (nSPS) is 12.0. The molecule has 14 nitrogen and oxygen atoms in total. The lowest BCUT2D eigenvalue weighted by molar-refractivity contribution is -0.388. The first kappa shape index (κ1) is 27.6. The molecule has 0 saturated heterocycles. The van der Waals surface area contributed by atoms with E-state index in [9.17, 15) is 46.7 Å². The number of nitrogens with one attached hydrogen (secondary N) is 1. The van der Waals surface area contributed by atoms with Crippen molar-refractivity contribution >= 4 is 53.4 Å². The lowest BCUT2D eigenvalue weighted by Gasteiger charge is -2.11. The number of sulfonamides is 1. The summed E-state index contributed by atoms with van der Waals surface area (Å²) in [6.07, 6.45) is -0.649. The Morgan fingerprint density at radius 1 is 0.970 bits per heavy atom. The van der Waals surface area contributed by atoms with E-state index in [4.69, 9.17) is 15.8 Å². The molecule has 2 rings (SSSR count). The third-order valence-corrected chi connectivity index (χ3v) is 6.45. The number of nitrogens with zero attached hydrogens (tertiary/aromatic N) is 2. The molecule has 0 spiro atoms. The lowest BCUT2D eigenvalue weighted by Crippen LogP contribution is -2.37. The highest BCUT2D eigenvalue weighted by atomic mass is 35.7. The SMILES string of the molecule is O=CC(CC(=O)O)NS(=O)(=O)c1ccccc1[N+](=O)[O-].O=[N+]([O-])c1ccccc1S(=O)(=O)Cl. The van der Waals surface area contributed by atoms with E-state index in [-0.39, 0.29) is 6.29 Å². The number of aldehydes is 1. The van der Waals surface area contributed by atoms with Crippen LogP contribution >= 0.6 is 10.7 Å². The Morgan fingerprint density at radius 2 is 1.39 bits per heavy atom. The molecule has 178 valence electrons. The first-order valence-corrected chi connectivity index (χ1v) is 12.1. The predicted molar refractivity (Wildman–Crippen MR) is 112 cm³/mol. The molecule has 0 aliphatic rings. The Balaban J connectivity index is 0.000000361. The molecule has 1 atom stereocenters. The summed E-state index contributed by atoms with van der Waals surface area (Å²) < 4.78 is 47.3. The van der Waals surface area contributed by atoms with E-state index >= 15 is 0 Å². The summed E-state index contributed by atoms with van der Waals surface area (Å²) >= 11 is 0. The van der Waals surface area contributed by atoms with Crippen molar-refractivity contribution in [3.63, 3.8) is 0 Å². The number of carbonyl (C=O) groups excluding carboxylic acids is 1. The molecule has 2 N–H and O–H groups in total. The van der Waals surface area contributed by atoms with Crippen molar-refractivity contribution in [2.24, 2.45) is 0 Å².